The van der Waals surface area contributed by atoms with Crippen LogP contribution in [0, 0.1) is 0 Å². The average molecular weight is 354 g/mol. The van der Waals surface area contributed by atoms with Gasteiger partial charge in [0.05, 0.1) is 6.04 Å². The van der Waals surface area contributed by atoms with Crippen molar-refractivity contribution in [1.29, 1.82) is 0 Å². The van der Waals surface area contributed by atoms with Gasteiger partial charge in [0.1, 0.15) is 19.2 Å². The van der Waals surface area contributed by atoms with Gasteiger partial charge in [-0.3, -0.25) is 4.79 Å². The van der Waals surface area contributed by atoms with Gasteiger partial charge in [0.25, 0.3) is 0 Å². The highest BCUT2D eigenvalue weighted by Gasteiger charge is 2.18. The molecule has 2 aromatic heterocycles. The Labute approximate surface area is 151 Å². The third-order valence-corrected chi connectivity index (χ3v) is 5.29. The van der Waals surface area contributed by atoms with Gasteiger partial charge in [-0.25, -0.2) is 9.67 Å². The highest BCUT2D eigenvalue weighted by molar-refractivity contribution is 7.10. The summed E-state index contributed by atoms with van der Waals surface area (Å²) in [5.74, 6) is 0.450. The lowest BCUT2D eigenvalue weighted by Crippen LogP contribution is -2.32. The van der Waals surface area contributed by atoms with Crippen LogP contribution < -0.4 is 5.32 Å². The molecule has 0 saturated carbocycles. The van der Waals surface area contributed by atoms with Crippen LogP contribution >= 0.6 is 11.3 Å². The Kier molecular flexibility index (Phi) is 5.60. The van der Waals surface area contributed by atoms with E-state index in [1.807, 2.05) is 17.5 Å². The number of aromatic nitrogens is 3. The van der Waals surface area contributed by atoms with Crippen molar-refractivity contribution >= 4 is 17.2 Å². The highest BCUT2D eigenvalue weighted by atomic mass is 32.1. The molecule has 1 aromatic carbocycles. The summed E-state index contributed by atoms with van der Waals surface area (Å²) in [5.41, 5.74) is 2.41. The predicted octanol–water partition coefficient (Wildman–Crippen LogP) is 3.76. The number of carbonyl (C=O) groups excluding carboxylic acids is 1. The van der Waals surface area contributed by atoms with Crippen LogP contribution in [0.2, 0.25) is 0 Å². The molecule has 1 N–H and O–H groups in total. The Balaban J connectivity index is 1.79. The van der Waals surface area contributed by atoms with Crippen molar-refractivity contribution < 1.29 is 4.79 Å². The number of thiophene rings is 1. The summed E-state index contributed by atoms with van der Waals surface area (Å²) in [5, 5.41) is 9.13. The first-order valence-electron chi connectivity index (χ1n) is 8.42. The maximum absolute atomic E-state index is 12.4. The van der Waals surface area contributed by atoms with Gasteiger partial charge in [-0.05, 0) is 34.9 Å². The van der Waals surface area contributed by atoms with E-state index >= 15 is 0 Å². The van der Waals surface area contributed by atoms with E-state index in [9.17, 15) is 4.79 Å². The molecule has 2 heterocycles. The van der Waals surface area contributed by atoms with E-state index in [1.54, 1.807) is 17.7 Å². The second-order valence-corrected chi connectivity index (χ2v) is 7.06. The summed E-state index contributed by atoms with van der Waals surface area (Å²) in [6.07, 6.45) is 4.08. The fourth-order valence-electron chi connectivity index (χ4n) is 2.70. The maximum Gasteiger partial charge on any atom is 0.242 e. The van der Waals surface area contributed by atoms with Crippen molar-refractivity contribution in [3.8, 4) is 0 Å². The normalized spacial score (nSPS) is 13.4. The Morgan fingerprint density at radius 1 is 1.24 bits per heavy atom. The van der Waals surface area contributed by atoms with E-state index in [4.69, 9.17) is 0 Å². The first kappa shape index (κ1) is 17.4. The Hall–Kier alpha value is -2.47. The minimum atomic E-state index is -0.151. The standard InChI is InChI=1S/C19H22N4OS/c1-3-14(2)15-6-8-16(9-7-15)19(17-5-4-10-25-17)22-18(24)11-23-13-20-12-21-23/h4-10,12-14,19H,3,11H2,1-2H3,(H,22,24). The van der Waals surface area contributed by atoms with Crippen LogP contribution in [0.1, 0.15) is 48.2 Å². The van der Waals surface area contributed by atoms with Crippen LogP contribution in [0.4, 0.5) is 0 Å². The summed E-state index contributed by atoms with van der Waals surface area (Å²) in [7, 11) is 0. The Bertz CT molecular complexity index is 781. The number of carbonyl (C=O) groups is 1. The van der Waals surface area contributed by atoms with Crippen LogP contribution in [0.5, 0.6) is 0 Å². The molecule has 3 aromatic rings. The summed E-state index contributed by atoms with van der Waals surface area (Å²) in [6.45, 7) is 4.58. The van der Waals surface area contributed by atoms with E-state index in [1.165, 1.54) is 16.6 Å². The van der Waals surface area contributed by atoms with E-state index in [-0.39, 0.29) is 18.5 Å². The molecule has 0 aliphatic carbocycles. The van der Waals surface area contributed by atoms with Crippen molar-refractivity contribution in [2.24, 2.45) is 0 Å². The molecule has 0 radical (unpaired) electrons. The fourth-order valence-corrected chi connectivity index (χ4v) is 3.50. The van der Waals surface area contributed by atoms with E-state index in [0.717, 1.165) is 16.9 Å². The highest BCUT2D eigenvalue weighted by Crippen LogP contribution is 2.28. The molecule has 130 valence electrons. The third-order valence-electron chi connectivity index (χ3n) is 4.36. The zero-order chi connectivity index (χ0) is 17.6. The molecule has 0 aliphatic rings. The van der Waals surface area contributed by atoms with Gasteiger partial charge >= 0.3 is 0 Å². The predicted molar refractivity (Wildman–Crippen MR) is 99.5 cm³/mol. The number of hydrogen-bond acceptors (Lipinski definition) is 4. The zero-order valence-corrected chi connectivity index (χ0v) is 15.2. The lowest BCUT2D eigenvalue weighted by Gasteiger charge is -2.19. The van der Waals surface area contributed by atoms with Crippen LogP contribution in [-0.4, -0.2) is 20.7 Å². The van der Waals surface area contributed by atoms with Crippen LogP contribution in [0.25, 0.3) is 0 Å². The molecule has 0 bridgehead atoms. The average Bonchev–Trinajstić information content (AvgIpc) is 3.33. The molecule has 25 heavy (non-hydrogen) atoms. The van der Waals surface area contributed by atoms with Crippen molar-refractivity contribution in [2.45, 2.75) is 38.8 Å². The summed E-state index contributed by atoms with van der Waals surface area (Å²) in [4.78, 5) is 17.4. The molecule has 0 fully saturated rings. The molecular formula is C19H22N4OS. The topological polar surface area (TPSA) is 59.8 Å². The quantitative estimate of drug-likeness (QED) is 0.703. The first-order chi connectivity index (χ1) is 12.2. The molecule has 1 amide bonds. The number of benzene rings is 1. The molecule has 6 heteroatoms. The number of amides is 1. The molecule has 2 atom stereocenters. The molecule has 3 rings (SSSR count). The van der Waals surface area contributed by atoms with Crippen molar-refractivity contribution in [2.75, 3.05) is 0 Å². The lowest BCUT2D eigenvalue weighted by molar-refractivity contribution is -0.122. The zero-order valence-electron chi connectivity index (χ0n) is 14.4. The molecule has 0 saturated heterocycles. The van der Waals surface area contributed by atoms with Gasteiger partial charge < -0.3 is 5.32 Å². The number of rotatable bonds is 7. The van der Waals surface area contributed by atoms with Crippen LogP contribution in [0.15, 0.2) is 54.4 Å². The fraction of sp³-hybridized carbons (Fsp3) is 0.316. The van der Waals surface area contributed by atoms with Crippen molar-refractivity contribution in [3.05, 3.63) is 70.4 Å². The maximum atomic E-state index is 12.4. The van der Waals surface area contributed by atoms with Gasteiger partial charge in [0, 0.05) is 4.88 Å². The number of nitrogens with zero attached hydrogens (tertiary/aromatic N) is 3. The van der Waals surface area contributed by atoms with Gasteiger partial charge in [-0.1, -0.05) is 44.2 Å². The number of hydrogen-bond donors (Lipinski definition) is 1. The summed E-state index contributed by atoms with van der Waals surface area (Å²) in [6, 6.07) is 12.4. The van der Waals surface area contributed by atoms with Crippen molar-refractivity contribution in [3.63, 3.8) is 0 Å². The molecule has 0 spiro atoms. The molecule has 5 nitrogen and oxygen atoms in total. The Morgan fingerprint density at radius 2 is 2.00 bits per heavy atom. The van der Waals surface area contributed by atoms with Gasteiger partial charge in [-0.2, -0.15) is 5.10 Å². The first-order valence-corrected chi connectivity index (χ1v) is 9.30. The minimum absolute atomic E-state index is 0.0881. The largest absolute Gasteiger partial charge is 0.343 e. The summed E-state index contributed by atoms with van der Waals surface area (Å²) < 4.78 is 1.52. The molecule has 2 unspecified atom stereocenters. The second-order valence-electron chi connectivity index (χ2n) is 6.08. The van der Waals surface area contributed by atoms with Crippen LogP contribution in [-0.2, 0) is 11.3 Å². The molecular weight excluding hydrogens is 332 g/mol. The number of nitrogens with one attached hydrogen (secondary N) is 1. The van der Waals surface area contributed by atoms with E-state index in [0.29, 0.717) is 5.92 Å². The smallest absolute Gasteiger partial charge is 0.242 e. The lowest BCUT2D eigenvalue weighted by atomic mass is 9.95. The minimum Gasteiger partial charge on any atom is -0.343 e. The van der Waals surface area contributed by atoms with Gasteiger partial charge in [0.15, 0.2) is 0 Å². The van der Waals surface area contributed by atoms with Crippen molar-refractivity contribution in [1.82, 2.24) is 20.1 Å². The SMILES string of the molecule is CCC(C)c1ccc(C(NC(=O)Cn2cncn2)c2cccs2)cc1. The monoisotopic (exact) mass is 354 g/mol. The Morgan fingerprint density at radius 3 is 2.60 bits per heavy atom. The van der Waals surface area contributed by atoms with Gasteiger partial charge in [-0.15, -0.1) is 11.3 Å². The third kappa shape index (κ3) is 4.33. The summed E-state index contributed by atoms with van der Waals surface area (Å²) >= 11 is 1.64. The van der Waals surface area contributed by atoms with Crippen LogP contribution in [0.3, 0.4) is 0 Å². The van der Waals surface area contributed by atoms with E-state index in [2.05, 4.69) is 53.5 Å². The molecule has 0 aliphatic heterocycles. The van der Waals surface area contributed by atoms with E-state index < -0.39 is 0 Å². The second kappa shape index (κ2) is 8.07. The van der Waals surface area contributed by atoms with Gasteiger partial charge in [0.2, 0.25) is 5.91 Å².